The van der Waals surface area contributed by atoms with Gasteiger partial charge in [-0.2, -0.15) is 0 Å². The molecule has 3 atom stereocenters. The standard InChI is InChI=1S/C17H27N5O5S/c1-26-17(23)22-9-3-5-14(20-28(2,24)25)15(22)12-27-13-6-10-21(11-13)16-18-7-4-8-19-16/h4,7-8,13-15,20H,3,5-6,9-12H2,1-2H3/t13?,14-,15-/m0/s1. The van der Waals surface area contributed by atoms with Crippen molar-refractivity contribution in [3.8, 4) is 0 Å². The minimum Gasteiger partial charge on any atom is -0.453 e. The summed E-state index contributed by atoms with van der Waals surface area (Å²) in [5.74, 6) is 0.666. The van der Waals surface area contributed by atoms with Gasteiger partial charge in [0, 0.05) is 38.1 Å². The minimum atomic E-state index is -3.40. The summed E-state index contributed by atoms with van der Waals surface area (Å²) in [5.41, 5.74) is 0. The number of carbonyl (C=O) groups is 1. The third-order valence-electron chi connectivity index (χ3n) is 5.04. The minimum absolute atomic E-state index is 0.0379. The van der Waals surface area contributed by atoms with Gasteiger partial charge in [-0.3, -0.25) is 0 Å². The Morgan fingerprint density at radius 2 is 2.04 bits per heavy atom. The molecule has 0 bridgehead atoms. The van der Waals surface area contributed by atoms with Gasteiger partial charge in [0.25, 0.3) is 0 Å². The number of methoxy groups -OCH3 is 1. The molecule has 28 heavy (non-hydrogen) atoms. The summed E-state index contributed by atoms with van der Waals surface area (Å²) in [6.07, 6.45) is 6.17. The number of ether oxygens (including phenoxy) is 2. The lowest BCUT2D eigenvalue weighted by molar-refractivity contribution is -0.00264. The van der Waals surface area contributed by atoms with Crippen LogP contribution in [0.3, 0.4) is 0 Å². The summed E-state index contributed by atoms with van der Waals surface area (Å²) in [5, 5.41) is 0. The number of aromatic nitrogens is 2. The normalized spacial score (nSPS) is 25.7. The molecule has 1 amide bonds. The summed E-state index contributed by atoms with van der Waals surface area (Å²) in [7, 11) is -2.08. The number of nitrogens with zero attached hydrogens (tertiary/aromatic N) is 4. The van der Waals surface area contributed by atoms with E-state index in [0.717, 1.165) is 19.2 Å². The van der Waals surface area contributed by atoms with Gasteiger partial charge in [-0.15, -0.1) is 0 Å². The molecule has 0 aliphatic carbocycles. The van der Waals surface area contributed by atoms with Gasteiger partial charge in [0.15, 0.2) is 0 Å². The molecule has 1 N–H and O–H groups in total. The Hall–Kier alpha value is -1.98. The summed E-state index contributed by atoms with van der Waals surface area (Å²) in [4.78, 5) is 24.3. The van der Waals surface area contributed by atoms with Crippen molar-refractivity contribution >= 4 is 22.1 Å². The fourth-order valence-corrected chi connectivity index (χ4v) is 4.58. The van der Waals surface area contributed by atoms with Gasteiger partial charge in [-0.05, 0) is 25.3 Å². The third-order valence-corrected chi connectivity index (χ3v) is 5.77. The molecule has 2 saturated heterocycles. The summed E-state index contributed by atoms with van der Waals surface area (Å²) >= 11 is 0. The number of hydrogen-bond donors (Lipinski definition) is 1. The Balaban J connectivity index is 1.63. The van der Waals surface area contributed by atoms with E-state index >= 15 is 0 Å². The molecule has 3 rings (SSSR count). The average molecular weight is 414 g/mol. The number of amides is 1. The molecule has 2 fully saturated rings. The quantitative estimate of drug-likeness (QED) is 0.705. The number of carbonyl (C=O) groups excluding carboxylic acids is 1. The molecule has 0 saturated carbocycles. The van der Waals surface area contributed by atoms with Crippen molar-refractivity contribution in [3.63, 3.8) is 0 Å². The fourth-order valence-electron chi connectivity index (χ4n) is 3.75. The van der Waals surface area contributed by atoms with Gasteiger partial charge in [0.2, 0.25) is 16.0 Å². The highest BCUT2D eigenvalue weighted by atomic mass is 32.2. The van der Waals surface area contributed by atoms with Crippen LogP contribution in [0.25, 0.3) is 0 Å². The third kappa shape index (κ3) is 5.30. The first kappa shape index (κ1) is 20.7. The van der Waals surface area contributed by atoms with Crippen LogP contribution in [0.5, 0.6) is 0 Å². The predicted octanol–water partition coefficient (Wildman–Crippen LogP) is 0.221. The van der Waals surface area contributed by atoms with E-state index in [2.05, 4.69) is 19.6 Å². The second-order valence-corrected chi connectivity index (χ2v) is 8.89. The molecule has 1 unspecified atom stereocenters. The molecule has 0 radical (unpaired) electrons. The molecule has 156 valence electrons. The van der Waals surface area contributed by atoms with Crippen LogP contribution < -0.4 is 9.62 Å². The van der Waals surface area contributed by atoms with E-state index < -0.39 is 28.2 Å². The van der Waals surface area contributed by atoms with Crippen molar-refractivity contribution in [2.45, 2.75) is 37.5 Å². The molecule has 3 heterocycles. The van der Waals surface area contributed by atoms with Crippen LogP contribution >= 0.6 is 0 Å². The Labute approximate surface area is 165 Å². The molecule has 1 aromatic heterocycles. The number of likely N-dealkylation sites (tertiary alicyclic amines) is 1. The predicted molar refractivity (Wildman–Crippen MR) is 103 cm³/mol. The average Bonchev–Trinajstić information content (AvgIpc) is 3.14. The topological polar surface area (TPSA) is 114 Å². The first-order chi connectivity index (χ1) is 13.4. The molecule has 1 aromatic rings. The Morgan fingerprint density at radius 1 is 1.29 bits per heavy atom. The lowest BCUT2D eigenvalue weighted by Gasteiger charge is -2.40. The SMILES string of the molecule is COC(=O)N1CCC[C@H](NS(C)(=O)=O)[C@@H]1COC1CCN(c2ncccn2)C1. The molecular weight excluding hydrogens is 386 g/mol. The van der Waals surface area contributed by atoms with E-state index in [1.54, 1.807) is 23.4 Å². The summed E-state index contributed by atoms with van der Waals surface area (Å²) in [6, 6.07) is 0.947. The van der Waals surface area contributed by atoms with Crippen LogP contribution in [0.2, 0.25) is 0 Å². The maximum Gasteiger partial charge on any atom is 0.409 e. The molecular formula is C17H27N5O5S. The van der Waals surface area contributed by atoms with Gasteiger partial charge in [-0.1, -0.05) is 0 Å². The number of hydrogen-bond acceptors (Lipinski definition) is 8. The second kappa shape index (κ2) is 9.01. The number of rotatable bonds is 6. The highest BCUT2D eigenvalue weighted by Gasteiger charge is 2.37. The zero-order valence-corrected chi connectivity index (χ0v) is 17.0. The van der Waals surface area contributed by atoms with Crippen LogP contribution in [-0.4, -0.2) is 87.2 Å². The Bertz CT molecular complexity index is 762. The van der Waals surface area contributed by atoms with E-state index in [4.69, 9.17) is 9.47 Å². The Kier molecular flexibility index (Phi) is 6.68. The van der Waals surface area contributed by atoms with Crippen LogP contribution in [0.15, 0.2) is 18.5 Å². The maximum absolute atomic E-state index is 12.2. The second-order valence-electron chi connectivity index (χ2n) is 7.11. The Morgan fingerprint density at radius 3 is 2.71 bits per heavy atom. The lowest BCUT2D eigenvalue weighted by atomic mass is 9.98. The monoisotopic (exact) mass is 413 g/mol. The highest BCUT2D eigenvalue weighted by Crippen LogP contribution is 2.23. The smallest absolute Gasteiger partial charge is 0.409 e. The van der Waals surface area contributed by atoms with E-state index in [-0.39, 0.29) is 12.7 Å². The van der Waals surface area contributed by atoms with Gasteiger partial charge in [0.1, 0.15) is 0 Å². The van der Waals surface area contributed by atoms with E-state index in [1.165, 1.54) is 7.11 Å². The number of nitrogens with one attached hydrogen (secondary N) is 1. The van der Waals surface area contributed by atoms with Crippen molar-refractivity contribution < 1.29 is 22.7 Å². The number of anilines is 1. The van der Waals surface area contributed by atoms with Crippen molar-refractivity contribution in [1.82, 2.24) is 19.6 Å². The molecule has 11 heteroatoms. The first-order valence-electron chi connectivity index (χ1n) is 9.33. The molecule has 0 spiro atoms. The van der Waals surface area contributed by atoms with Gasteiger partial charge >= 0.3 is 6.09 Å². The van der Waals surface area contributed by atoms with E-state index in [0.29, 0.717) is 31.9 Å². The van der Waals surface area contributed by atoms with Crippen molar-refractivity contribution in [1.29, 1.82) is 0 Å². The van der Waals surface area contributed by atoms with E-state index in [9.17, 15) is 13.2 Å². The van der Waals surface area contributed by atoms with E-state index in [1.807, 2.05) is 0 Å². The molecule has 0 aromatic carbocycles. The first-order valence-corrected chi connectivity index (χ1v) is 11.2. The van der Waals surface area contributed by atoms with Crippen LogP contribution in [-0.2, 0) is 19.5 Å². The zero-order valence-electron chi connectivity index (χ0n) is 16.2. The van der Waals surface area contributed by atoms with Crippen molar-refractivity contribution in [2.75, 3.05) is 44.5 Å². The van der Waals surface area contributed by atoms with Gasteiger partial charge in [-0.25, -0.2) is 27.9 Å². The zero-order chi connectivity index (χ0) is 20.1. The molecule has 2 aliphatic rings. The molecule has 2 aliphatic heterocycles. The number of sulfonamides is 1. The van der Waals surface area contributed by atoms with Crippen molar-refractivity contribution in [2.24, 2.45) is 0 Å². The maximum atomic E-state index is 12.2. The van der Waals surface area contributed by atoms with Crippen LogP contribution in [0, 0.1) is 0 Å². The van der Waals surface area contributed by atoms with Gasteiger partial charge in [0.05, 0.1) is 32.1 Å². The number of piperidine rings is 1. The molecule has 10 nitrogen and oxygen atoms in total. The highest BCUT2D eigenvalue weighted by molar-refractivity contribution is 7.88. The van der Waals surface area contributed by atoms with Crippen LogP contribution in [0.1, 0.15) is 19.3 Å². The van der Waals surface area contributed by atoms with Gasteiger partial charge < -0.3 is 19.3 Å². The van der Waals surface area contributed by atoms with Crippen LogP contribution in [0.4, 0.5) is 10.7 Å². The summed E-state index contributed by atoms with van der Waals surface area (Å²) < 4.78 is 37.1. The fraction of sp³-hybridized carbons (Fsp3) is 0.706. The lowest BCUT2D eigenvalue weighted by Crippen LogP contribution is -2.59. The van der Waals surface area contributed by atoms with Crippen molar-refractivity contribution in [3.05, 3.63) is 18.5 Å². The summed E-state index contributed by atoms with van der Waals surface area (Å²) in [6.45, 7) is 2.18. The largest absolute Gasteiger partial charge is 0.453 e.